The first-order chi connectivity index (χ1) is 9.72. The summed E-state index contributed by atoms with van der Waals surface area (Å²) in [5, 5.41) is 3.35. The molecule has 0 aromatic heterocycles. The molecule has 1 fully saturated rings. The van der Waals surface area contributed by atoms with E-state index >= 15 is 0 Å². The number of rotatable bonds is 5. The Labute approximate surface area is 132 Å². The van der Waals surface area contributed by atoms with Gasteiger partial charge in [0.15, 0.2) is 0 Å². The van der Waals surface area contributed by atoms with Crippen molar-refractivity contribution in [3.8, 4) is 11.5 Å². The van der Waals surface area contributed by atoms with Gasteiger partial charge in [0.25, 0.3) is 0 Å². The van der Waals surface area contributed by atoms with Crippen molar-refractivity contribution in [2.75, 3.05) is 39.4 Å². The van der Waals surface area contributed by atoms with Crippen molar-refractivity contribution in [1.82, 2.24) is 5.32 Å². The van der Waals surface area contributed by atoms with E-state index in [0.717, 1.165) is 39.6 Å². The Balaban J connectivity index is 2.35. The maximum absolute atomic E-state index is 5.90. The van der Waals surface area contributed by atoms with Crippen molar-refractivity contribution in [3.05, 3.63) is 22.2 Å². The van der Waals surface area contributed by atoms with Crippen LogP contribution >= 0.6 is 27.7 Å². The van der Waals surface area contributed by atoms with Crippen molar-refractivity contribution < 1.29 is 14.2 Å². The van der Waals surface area contributed by atoms with E-state index in [-0.39, 0.29) is 12.1 Å². The molecular weight excluding hydrogens is 342 g/mol. The summed E-state index contributed by atoms with van der Waals surface area (Å²) in [5.41, 5.74) is 1.08. The predicted molar refractivity (Wildman–Crippen MR) is 86.1 cm³/mol. The van der Waals surface area contributed by atoms with Gasteiger partial charge in [-0.15, -0.1) is 0 Å². The Hall–Kier alpha value is -0.430. The average molecular weight is 362 g/mol. The van der Waals surface area contributed by atoms with E-state index in [2.05, 4.69) is 21.2 Å². The molecule has 1 aliphatic heterocycles. The Bertz CT molecular complexity index is 452. The van der Waals surface area contributed by atoms with Crippen molar-refractivity contribution >= 4 is 27.7 Å². The molecule has 2 rings (SSSR count). The Morgan fingerprint density at radius 3 is 2.75 bits per heavy atom. The minimum absolute atomic E-state index is 0.0972. The summed E-state index contributed by atoms with van der Waals surface area (Å²) in [4.78, 5) is 0. The molecule has 1 aliphatic rings. The highest BCUT2D eigenvalue weighted by Crippen LogP contribution is 2.41. The number of thioether (sulfide) groups is 1. The zero-order chi connectivity index (χ0) is 14.5. The van der Waals surface area contributed by atoms with Crippen LogP contribution in [0.1, 0.15) is 11.6 Å². The quantitative estimate of drug-likeness (QED) is 0.872. The molecular formula is C14H20BrNO3S. The standard InChI is InChI=1S/C14H20BrNO3S/c1-16-13(11-8-20-7-6-19-11)9-4-5-10(17-2)12(15)14(9)18-3/h4-5,11,13,16H,6-8H2,1-3H3. The molecule has 0 saturated carbocycles. The lowest BCUT2D eigenvalue weighted by molar-refractivity contribution is 0.0481. The lowest BCUT2D eigenvalue weighted by Crippen LogP contribution is -2.36. The second kappa shape index (κ2) is 7.54. The fourth-order valence-corrected chi connectivity index (χ4v) is 3.99. The molecule has 4 nitrogen and oxygen atoms in total. The van der Waals surface area contributed by atoms with Crippen LogP contribution < -0.4 is 14.8 Å². The van der Waals surface area contributed by atoms with E-state index in [1.54, 1.807) is 14.2 Å². The van der Waals surface area contributed by atoms with Gasteiger partial charge in [-0.2, -0.15) is 11.8 Å². The maximum atomic E-state index is 5.90. The van der Waals surface area contributed by atoms with Gasteiger partial charge in [0.2, 0.25) is 0 Å². The summed E-state index contributed by atoms with van der Waals surface area (Å²) in [6, 6.07) is 4.08. The van der Waals surface area contributed by atoms with Gasteiger partial charge < -0.3 is 19.5 Å². The van der Waals surface area contributed by atoms with Crippen LogP contribution in [0.15, 0.2) is 16.6 Å². The molecule has 1 N–H and O–H groups in total. The molecule has 112 valence electrons. The molecule has 20 heavy (non-hydrogen) atoms. The minimum Gasteiger partial charge on any atom is -0.495 e. The van der Waals surface area contributed by atoms with E-state index in [4.69, 9.17) is 14.2 Å². The lowest BCUT2D eigenvalue weighted by atomic mass is 10.0. The fourth-order valence-electron chi connectivity index (χ4n) is 2.40. The second-order valence-electron chi connectivity index (χ2n) is 4.45. The van der Waals surface area contributed by atoms with Crippen molar-refractivity contribution in [2.45, 2.75) is 12.1 Å². The molecule has 0 bridgehead atoms. The van der Waals surface area contributed by atoms with E-state index < -0.39 is 0 Å². The molecule has 2 atom stereocenters. The fraction of sp³-hybridized carbons (Fsp3) is 0.571. The highest BCUT2D eigenvalue weighted by atomic mass is 79.9. The van der Waals surface area contributed by atoms with Gasteiger partial charge in [-0.25, -0.2) is 0 Å². The summed E-state index contributed by atoms with van der Waals surface area (Å²) in [6.07, 6.45) is 0.146. The number of benzene rings is 1. The van der Waals surface area contributed by atoms with Crippen LogP contribution in [0.2, 0.25) is 0 Å². The van der Waals surface area contributed by atoms with Crippen molar-refractivity contribution in [1.29, 1.82) is 0 Å². The SMILES string of the molecule is CNC(c1ccc(OC)c(Br)c1OC)C1CSCCO1. The smallest absolute Gasteiger partial charge is 0.141 e. The first kappa shape index (κ1) is 15.9. The van der Waals surface area contributed by atoms with Gasteiger partial charge in [0.1, 0.15) is 16.0 Å². The van der Waals surface area contributed by atoms with Crippen LogP contribution in [0.5, 0.6) is 11.5 Å². The number of halogens is 1. The van der Waals surface area contributed by atoms with Crippen molar-refractivity contribution in [3.63, 3.8) is 0 Å². The van der Waals surface area contributed by atoms with E-state index in [0.29, 0.717) is 0 Å². The van der Waals surface area contributed by atoms with Crippen molar-refractivity contribution in [2.24, 2.45) is 0 Å². The van der Waals surface area contributed by atoms with Gasteiger partial charge in [-0.05, 0) is 35.1 Å². The summed E-state index contributed by atoms with van der Waals surface area (Å²) in [6.45, 7) is 0.799. The van der Waals surface area contributed by atoms with Crippen LogP contribution in [0.3, 0.4) is 0 Å². The average Bonchev–Trinajstić information content (AvgIpc) is 2.49. The van der Waals surface area contributed by atoms with E-state index in [1.165, 1.54) is 0 Å². The number of ether oxygens (including phenoxy) is 3. The molecule has 0 amide bonds. The van der Waals surface area contributed by atoms with Gasteiger partial charge in [-0.1, -0.05) is 0 Å². The molecule has 0 aliphatic carbocycles. The third-order valence-corrected chi connectivity index (χ3v) is 5.15. The molecule has 1 saturated heterocycles. The first-order valence-corrected chi connectivity index (χ1v) is 8.44. The Morgan fingerprint density at radius 1 is 1.40 bits per heavy atom. The first-order valence-electron chi connectivity index (χ1n) is 6.50. The summed E-state index contributed by atoms with van der Waals surface area (Å²) < 4.78 is 17.6. The predicted octanol–water partition coefficient (Wildman–Crippen LogP) is 2.86. The van der Waals surface area contributed by atoms with E-state index in [1.807, 2.05) is 30.9 Å². The summed E-state index contributed by atoms with van der Waals surface area (Å²) in [7, 11) is 5.27. The molecule has 1 aromatic carbocycles. The number of methoxy groups -OCH3 is 2. The monoisotopic (exact) mass is 361 g/mol. The number of likely N-dealkylation sites (N-methyl/N-ethyl adjacent to an activating group) is 1. The zero-order valence-corrected chi connectivity index (χ0v) is 14.3. The third kappa shape index (κ3) is 3.24. The number of hydrogen-bond donors (Lipinski definition) is 1. The molecule has 2 unspecified atom stereocenters. The highest BCUT2D eigenvalue weighted by Gasteiger charge is 2.28. The molecule has 1 heterocycles. The normalized spacial score (nSPS) is 20.5. The molecule has 1 aromatic rings. The van der Waals surface area contributed by atoms with Crippen LogP contribution in [0.4, 0.5) is 0 Å². The van der Waals surface area contributed by atoms with Crippen LogP contribution in [-0.4, -0.2) is 45.5 Å². The number of hydrogen-bond acceptors (Lipinski definition) is 5. The second-order valence-corrected chi connectivity index (χ2v) is 6.40. The zero-order valence-electron chi connectivity index (χ0n) is 11.9. The van der Waals surface area contributed by atoms with Gasteiger partial charge in [0.05, 0.1) is 33.0 Å². The Kier molecular flexibility index (Phi) is 6.01. The summed E-state index contributed by atoms with van der Waals surface area (Å²) in [5.74, 6) is 3.61. The molecule has 6 heteroatoms. The molecule has 0 radical (unpaired) electrons. The number of nitrogens with one attached hydrogen (secondary N) is 1. The van der Waals surface area contributed by atoms with Crippen LogP contribution in [0.25, 0.3) is 0 Å². The van der Waals surface area contributed by atoms with Gasteiger partial charge in [0, 0.05) is 17.1 Å². The minimum atomic E-state index is 0.0972. The Morgan fingerprint density at radius 2 is 2.20 bits per heavy atom. The third-order valence-electron chi connectivity index (χ3n) is 3.38. The largest absolute Gasteiger partial charge is 0.495 e. The van der Waals surface area contributed by atoms with Gasteiger partial charge >= 0.3 is 0 Å². The van der Waals surface area contributed by atoms with E-state index in [9.17, 15) is 0 Å². The van der Waals surface area contributed by atoms with Crippen LogP contribution in [-0.2, 0) is 4.74 Å². The summed E-state index contributed by atoms with van der Waals surface area (Å²) >= 11 is 5.47. The maximum Gasteiger partial charge on any atom is 0.141 e. The van der Waals surface area contributed by atoms with Crippen LogP contribution in [0, 0.1) is 0 Å². The molecule has 0 spiro atoms. The lowest BCUT2D eigenvalue weighted by Gasteiger charge is -2.31. The van der Waals surface area contributed by atoms with Gasteiger partial charge in [-0.3, -0.25) is 0 Å². The highest BCUT2D eigenvalue weighted by molar-refractivity contribution is 9.10. The topological polar surface area (TPSA) is 39.7 Å².